The normalized spacial score (nSPS) is 23.0. The molecular weight excluding hydrogens is 490 g/mol. The van der Waals surface area contributed by atoms with Gasteiger partial charge in [0.25, 0.3) is 5.91 Å². The number of nitrogens with one attached hydrogen (secondary N) is 2. The van der Waals surface area contributed by atoms with E-state index in [1.807, 2.05) is 65.6 Å². The summed E-state index contributed by atoms with van der Waals surface area (Å²) in [7, 11) is 0. The van der Waals surface area contributed by atoms with Crippen LogP contribution < -0.4 is 10.1 Å². The van der Waals surface area contributed by atoms with Gasteiger partial charge in [-0.3, -0.25) is 19.7 Å². The third-order valence-corrected chi connectivity index (χ3v) is 8.51. The van der Waals surface area contributed by atoms with Gasteiger partial charge in [0.05, 0.1) is 22.9 Å². The Hall–Kier alpha value is -4.20. The van der Waals surface area contributed by atoms with Gasteiger partial charge < -0.3 is 15.0 Å². The molecule has 8 nitrogen and oxygen atoms in total. The third kappa shape index (κ3) is 4.64. The molecule has 198 valence electrons. The molecule has 4 aromatic rings. The summed E-state index contributed by atoms with van der Waals surface area (Å²) in [5.41, 5.74) is 4.13. The van der Waals surface area contributed by atoms with Gasteiger partial charge in [-0.15, -0.1) is 0 Å². The van der Waals surface area contributed by atoms with Gasteiger partial charge in [0.2, 0.25) is 6.41 Å². The van der Waals surface area contributed by atoms with Crippen molar-refractivity contribution in [3.8, 4) is 17.0 Å². The van der Waals surface area contributed by atoms with Crippen LogP contribution in [0, 0.1) is 5.92 Å². The number of H-pyrrole nitrogens is 1. The molecule has 4 heterocycles. The highest BCUT2D eigenvalue weighted by Crippen LogP contribution is 2.41. The van der Waals surface area contributed by atoms with E-state index in [4.69, 9.17) is 4.74 Å². The van der Waals surface area contributed by atoms with Crippen molar-refractivity contribution in [1.29, 1.82) is 0 Å². The minimum atomic E-state index is -0.107. The third-order valence-electron chi connectivity index (χ3n) is 8.51. The second kappa shape index (κ2) is 9.84. The molecule has 0 unspecified atom stereocenters. The molecule has 2 amide bonds. The summed E-state index contributed by atoms with van der Waals surface area (Å²) < 4.78 is 6.31. The predicted octanol–water partition coefficient (Wildman–Crippen LogP) is 5.04. The molecule has 2 saturated heterocycles. The lowest BCUT2D eigenvalue weighted by molar-refractivity contribution is -0.123. The largest absolute Gasteiger partial charge is 0.490 e. The molecule has 2 bridgehead atoms. The van der Waals surface area contributed by atoms with E-state index in [0.717, 1.165) is 78.5 Å². The second-order valence-electron chi connectivity index (χ2n) is 11.0. The first kappa shape index (κ1) is 23.9. The summed E-state index contributed by atoms with van der Waals surface area (Å²) in [6, 6.07) is 20.0. The monoisotopic (exact) mass is 521 g/mol. The highest BCUT2D eigenvalue weighted by atomic mass is 16.5. The van der Waals surface area contributed by atoms with Crippen molar-refractivity contribution in [2.45, 2.75) is 62.8 Å². The standard InChI is InChI=1S/C31H31N5O3/c37-18-36-22-9-10-23(36)17-25(16-22)39-24-11-6-19(7-12-24)29-26-15-21(8-13-27(26)34-35-29)31(38)33-30(20-4-5-20)28-3-1-2-14-32-28/h1-3,6-8,11-15,18,20,22-23,25,30H,4-5,9-10,16-17H2,(H,33,38)(H,34,35)/t22-,23+,25+,30-/m1/s1. The SMILES string of the molecule is O=CN1[C@@H]2CC[C@H]1C[C@@H](Oc1ccc(-c3n[nH]c4ccc(C(=O)N[C@@H](c5ccccn5)C5CC5)cc34)cc1)C2. The molecule has 0 radical (unpaired) electrons. The summed E-state index contributed by atoms with van der Waals surface area (Å²) in [6.07, 6.45) is 9.01. The molecule has 39 heavy (non-hydrogen) atoms. The molecule has 3 aliphatic rings. The first-order chi connectivity index (χ1) is 19.2. The van der Waals surface area contributed by atoms with Crippen LogP contribution in [0.5, 0.6) is 5.75 Å². The van der Waals surface area contributed by atoms with Gasteiger partial charge in [-0.05, 0) is 86.2 Å². The zero-order chi connectivity index (χ0) is 26.3. The molecule has 3 fully saturated rings. The van der Waals surface area contributed by atoms with E-state index in [2.05, 4.69) is 20.5 Å². The maximum atomic E-state index is 13.3. The van der Waals surface area contributed by atoms with Crippen LogP contribution in [0.4, 0.5) is 0 Å². The zero-order valence-electron chi connectivity index (χ0n) is 21.6. The lowest BCUT2D eigenvalue weighted by Crippen LogP contribution is -2.45. The zero-order valence-corrected chi connectivity index (χ0v) is 21.6. The van der Waals surface area contributed by atoms with Crippen LogP contribution in [0.3, 0.4) is 0 Å². The van der Waals surface area contributed by atoms with Crippen LogP contribution in [-0.2, 0) is 4.79 Å². The molecule has 2 N–H and O–H groups in total. The number of hydrogen-bond acceptors (Lipinski definition) is 5. The quantitative estimate of drug-likeness (QED) is 0.317. The van der Waals surface area contributed by atoms with Crippen molar-refractivity contribution in [3.63, 3.8) is 0 Å². The van der Waals surface area contributed by atoms with Crippen LogP contribution in [0.1, 0.15) is 60.6 Å². The number of amides is 2. The predicted molar refractivity (Wildman–Crippen MR) is 147 cm³/mol. The minimum Gasteiger partial charge on any atom is -0.490 e. The fourth-order valence-electron chi connectivity index (χ4n) is 6.34. The van der Waals surface area contributed by atoms with Gasteiger partial charge in [0, 0.05) is 47.6 Å². The van der Waals surface area contributed by atoms with E-state index in [-0.39, 0.29) is 18.1 Å². The summed E-state index contributed by atoms with van der Waals surface area (Å²) in [5, 5.41) is 11.8. The van der Waals surface area contributed by atoms with E-state index >= 15 is 0 Å². The van der Waals surface area contributed by atoms with Crippen LogP contribution in [-0.4, -0.2) is 50.6 Å². The highest BCUT2D eigenvalue weighted by Gasteiger charge is 2.41. The Morgan fingerprint density at radius 1 is 1.03 bits per heavy atom. The van der Waals surface area contributed by atoms with Gasteiger partial charge >= 0.3 is 0 Å². The molecule has 2 aliphatic heterocycles. The Kier molecular flexibility index (Phi) is 6.02. The number of rotatable bonds is 8. The molecule has 7 rings (SSSR count). The number of nitrogens with zero attached hydrogens (tertiary/aromatic N) is 3. The number of pyridine rings is 1. The summed E-state index contributed by atoms with van der Waals surface area (Å²) >= 11 is 0. The number of benzene rings is 2. The van der Waals surface area contributed by atoms with Crippen LogP contribution >= 0.6 is 0 Å². The summed E-state index contributed by atoms with van der Waals surface area (Å²) in [6.45, 7) is 0. The van der Waals surface area contributed by atoms with E-state index in [0.29, 0.717) is 23.6 Å². The fraction of sp³-hybridized carbons (Fsp3) is 0.355. The van der Waals surface area contributed by atoms with E-state index in [1.165, 1.54) is 0 Å². The smallest absolute Gasteiger partial charge is 0.251 e. The Labute approximate surface area is 226 Å². The average Bonchev–Trinajstić information content (AvgIpc) is 3.67. The molecular formula is C31H31N5O3. The molecule has 0 spiro atoms. The number of carbonyl (C=O) groups excluding carboxylic acids is 2. The molecule has 8 heteroatoms. The van der Waals surface area contributed by atoms with Crippen LogP contribution in [0.15, 0.2) is 66.9 Å². The van der Waals surface area contributed by atoms with Crippen LogP contribution in [0.25, 0.3) is 22.2 Å². The molecule has 1 saturated carbocycles. The number of piperidine rings is 1. The maximum Gasteiger partial charge on any atom is 0.251 e. The molecule has 2 aromatic carbocycles. The van der Waals surface area contributed by atoms with Crippen molar-refractivity contribution in [1.82, 2.24) is 25.4 Å². The van der Waals surface area contributed by atoms with Crippen molar-refractivity contribution in [2.24, 2.45) is 5.92 Å². The van der Waals surface area contributed by atoms with Gasteiger partial charge in [0.1, 0.15) is 11.9 Å². The van der Waals surface area contributed by atoms with Gasteiger partial charge in [0.15, 0.2) is 0 Å². The van der Waals surface area contributed by atoms with E-state index in [1.54, 1.807) is 6.20 Å². The van der Waals surface area contributed by atoms with Crippen molar-refractivity contribution >= 4 is 23.2 Å². The first-order valence-electron chi connectivity index (χ1n) is 13.9. The van der Waals surface area contributed by atoms with Gasteiger partial charge in [-0.25, -0.2) is 0 Å². The first-order valence-corrected chi connectivity index (χ1v) is 13.9. The molecule has 2 aromatic heterocycles. The van der Waals surface area contributed by atoms with Crippen LogP contribution in [0.2, 0.25) is 0 Å². The average molecular weight is 522 g/mol. The summed E-state index contributed by atoms with van der Waals surface area (Å²) in [5.74, 6) is 1.15. The van der Waals surface area contributed by atoms with Crippen molar-refractivity contribution in [2.75, 3.05) is 0 Å². The van der Waals surface area contributed by atoms with E-state index in [9.17, 15) is 9.59 Å². The summed E-state index contributed by atoms with van der Waals surface area (Å²) in [4.78, 5) is 31.1. The van der Waals surface area contributed by atoms with E-state index < -0.39 is 0 Å². The lowest BCUT2D eigenvalue weighted by Gasteiger charge is -2.36. The molecule has 4 atom stereocenters. The maximum absolute atomic E-state index is 13.3. The number of fused-ring (bicyclic) bond motifs is 3. The van der Waals surface area contributed by atoms with Crippen molar-refractivity contribution in [3.05, 3.63) is 78.1 Å². The van der Waals surface area contributed by atoms with Crippen molar-refractivity contribution < 1.29 is 14.3 Å². The minimum absolute atomic E-state index is 0.0772. The number of aromatic amines is 1. The molecule has 1 aliphatic carbocycles. The Bertz CT molecular complexity index is 1480. The number of hydrogen-bond donors (Lipinski definition) is 2. The second-order valence-corrected chi connectivity index (χ2v) is 11.0. The highest BCUT2D eigenvalue weighted by molar-refractivity contribution is 6.01. The fourth-order valence-corrected chi connectivity index (χ4v) is 6.34. The topological polar surface area (TPSA) is 100 Å². The van der Waals surface area contributed by atoms with Gasteiger partial charge in [-0.1, -0.05) is 6.07 Å². The lowest BCUT2D eigenvalue weighted by atomic mass is 10.0. The Balaban J connectivity index is 1.08. The van der Waals surface area contributed by atoms with Gasteiger partial charge in [-0.2, -0.15) is 5.10 Å². The Morgan fingerprint density at radius 2 is 1.82 bits per heavy atom. The number of ether oxygens (including phenoxy) is 1. The number of carbonyl (C=O) groups is 2. The Morgan fingerprint density at radius 3 is 2.51 bits per heavy atom. The number of aromatic nitrogens is 3.